The third-order valence-corrected chi connectivity index (χ3v) is 7.23. The van der Waals surface area contributed by atoms with Crippen molar-refractivity contribution in [2.45, 2.75) is 25.3 Å². The van der Waals surface area contributed by atoms with E-state index in [1.165, 1.54) is 10.9 Å². The summed E-state index contributed by atoms with van der Waals surface area (Å²) in [6, 6.07) is 22.6. The number of benzene rings is 3. The molecule has 0 saturated carbocycles. The number of hydrogen-bond acceptors (Lipinski definition) is 2. The number of H-pyrrole nitrogens is 1. The minimum absolute atomic E-state index is 0.407. The lowest BCUT2D eigenvalue weighted by atomic mass is 9.89. The van der Waals surface area contributed by atoms with Gasteiger partial charge in [-0.1, -0.05) is 59.6 Å². The molecule has 5 heteroatoms. The van der Waals surface area contributed by atoms with Gasteiger partial charge in [0, 0.05) is 33.1 Å². The molecule has 0 bridgehead atoms. The molecule has 3 nitrogen and oxygen atoms in total. The van der Waals surface area contributed by atoms with Gasteiger partial charge >= 0.3 is 0 Å². The molecule has 4 aromatic rings. The number of ether oxygens (including phenoxy) is 1. The van der Waals surface area contributed by atoms with Crippen molar-refractivity contribution in [3.8, 4) is 17.0 Å². The standard InChI is InChI=1S/C27H26Cl2N2O/c1-32-25-12-5-3-8-20(25)27-21(19-7-2-4-11-24(19)30-27)17-31-15-13-18(14-16-31)26-22(28)9-6-10-23(26)29/h2-12,18,30H,13-17H2,1H3. The van der Waals surface area contributed by atoms with Crippen molar-refractivity contribution in [1.29, 1.82) is 0 Å². The number of hydrogen-bond donors (Lipinski definition) is 1. The first kappa shape index (κ1) is 21.4. The number of para-hydroxylation sites is 2. The molecule has 0 spiro atoms. The van der Waals surface area contributed by atoms with Crippen molar-refractivity contribution in [3.63, 3.8) is 0 Å². The summed E-state index contributed by atoms with van der Waals surface area (Å²) in [6.45, 7) is 2.91. The highest BCUT2D eigenvalue weighted by atomic mass is 35.5. The quantitative estimate of drug-likeness (QED) is 0.330. The Morgan fingerprint density at radius 1 is 0.906 bits per heavy atom. The maximum atomic E-state index is 6.48. The number of fused-ring (bicyclic) bond motifs is 1. The molecular weight excluding hydrogens is 439 g/mol. The van der Waals surface area contributed by atoms with E-state index >= 15 is 0 Å². The van der Waals surface area contributed by atoms with Crippen molar-refractivity contribution in [2.75, 3.05) is 20.2 Å². The SMILES string of the molecule is COc1ccccc1-c1[nH]c2ccccc2c1CN1CCC(c2c(Cl)cccc2Cl)CC1. The highest BCUT2D eigenvalue weighted by molar-refractivity contribution is 6.36. The molecule has 1 aliphatic rings. The Bertz CT molecular complexity index is 1220. The zero-order valence-electron chi connectivity index (χ0n) is 18.1. The van der Waals surface area contributed by atoms with Crippen LogP contribution in [0.2, 0.25) is 10.0 Å². The molecule has 0 atom stereocenters. The third-order valence-electron chi connectivity index (χ3n) is 6.57. The van der Waals surface area contributed by atoms with E-state index < -0.39 is 0 Å². The Balaban J connectivity index is 1.43. The topological polar surface area (TPSA) is 28.3 Å². The molecule has 5 rings (SSSR count). The van der Waals surface area contributed by atoms with Crippen LogP contribution in [-0.4, -0.2) is 30.1 Å². The van der Waals surface area contributed by atoms with Gasteiger partial charge in [0.25, 0.3) is 0 Å². The summed E-state index contributed by atoms with van der Waals surface area (Å²) in [5.41, 5.74) is 5.82. The van der Waals surface area contributed by atoms with E-state index in [-0.39, 0.29) is 0 Å². The Hall–Kier alpha value is -2.46. The first-order valence-corrected chi connectivity index (χ1v) is 11.8. The van der Waals surface area contributed by atoms with E-state index in [0.717, 1.165) is 70.6 Å². The van der Waals surface area contributed by atoms with Crippen LogP contribution in [0, 0.1) is 0 Å². The molecule has 32 heavy (non-hydrogen) atoms. The number of likely N-dealkylation sites (tertiary alicyclic amines) is 1. The number of methoxy groups -OCH3 is 1. The van der Waals surface area contributed by atoms with Crippen LogP contribution in [0.3, 0.4) is 0 Å². The second kappa shape index (κ2) is 9.19. The van der Waals surface area contributed by atoms with Gasteiger partial charge in [-0.2, -0.15) is 0 Å². The van der Waals surface area contributed by atoms with E-state index in [4.69, 9.17) is 27.9 Å². The number of piperidine rings is 1. The number of rotatable bonds is 5. The van der Waals surface area contributed by atoms with Crippen LogP contribution in [0.1, 0.15) is 29.9 Å². The minimum Gasteiger partial charge on any atom is -0.496 e. The van der Waals surface area contributed by atoms with E-state index in [1.807, 2.05) is 30.3 Å². The molecule has 1 saturated heterocycles. The number of nitrogens with one attached hydrogen (secondary N) is 1. The van der Waals surface area contributed by atoms with Crippen LogP contribution in [0.25, 0.3) is 22.2 Å². The summed E-state index contributed by atoms with van der Waals surface area (Å²) in [5.74, 6) is 1.29. The number of aromatic amines is 1. The van der Waals surface area contributed by atoms with Crippen molar-refractivity contribution in [3.05, 3.63) is 87.9 Å². The van der Waals surface area contributed by atoms with Gasteiger partial charge in [-0.3, -0.25) is 4.90 Å². The Kier molecular flexibility index (Phi) is 6.14. The van der Waals surface area contributed by atoms with Crippen LogP contribution in [0.4, 0.5) is 0 Å². The lowest BCUT2D eigenvalue weighted by molar-refractivity contribution is 0.205. The molecule has 0 aliphatic carbocycles. The number of aromatic nitrogens is 1. The minimum atomic E-state index is 0.407. The van der Waals surface area contributed by atoms with Crippen LogP contribution >= 0.6 is 23.2 Å². The van der Waals surface area contributed by atoms with Crippen molar-refractivity contribution in [2.24, 2.45) is 0 Å². The summed E-state index contributed by atoms with van der Waals surface area (Å²) >= 11 is 13.0. The van der Waals surface area contributed by atoms with Gasteiger partial charge in [-0.05, 0) is 73.3 Å². The molecule has 3 aromatic carbocycles. The molecule has 0 amide bonds. The van der Waals surface area contributed by atoms with Gasteiger partial charge < -0.3 is 9.72 Å². The van der Waals surface area contributed by atoms with Gasteiger partial charge in [-0.15, -0.1) is 0 Å². The summed E-state index contributed by atoms with van der Waals surface area (Å²) in [4.78, 5) is 6.19. The molecular formula is C27H26Cl2N2O. The molecule has 0 radical (unpaired) electrons. The van der Waals surface area contributed by atoms with Crippen LogP contribution in [0.5, 0.6) is 5.75 Å². The summed E-state index contributed by atoms with van der Waals surface area (Å²) in [7, 11) is 1.73. The predicted molar refractivity (Wildman–Crippen MR) is 134 cm³/mol. The van der Waals surface area contributed by atoms with Crippen LogP contribution < -0.4 is 4.74 Å². The lowest BCUT2D eigenvalue weighted by Crippen LogP contribution is -2.32. The average molecular weight is 465 g/mol. The number of nitrogens with zero attached hydrogens (tertiary/aromatic N) is 1. The lowest BCUT2D eigenvalue weighted by Gasteiger charge is -2.33. The molecule has 2 heterocycles. The van der Waals surface area contributed by atoms with Crippen molar-refractivity contribution in [1.82, 2.24) is 9.88 Å². The summed E-state index contributed by atoms with van der Waals surface area (Å²) in [5, 5.41) is 2.83. The fourth-order valence-electron chi connectivity index (χ4n) is 4.95. The monoisotopic (exact) mass is 464 g/mol. The fourth-order valence-corrected chi connectivity index (χ4v) is 5.66. The van der Waals surface area contributed by atoms with E-state index in [1.54, 1.807) is 7.11 Å². The smallest absolute Gasteiger partial charge is 0.128 e. The highest BCUT2D eigenvalue weighted by Crippen LogP contribution is 2.40. The Morgan fingerprint density at radius 3 is 2.34 bits per heavy atom. The van der Waals surface area contributed by atoms with Gasteiger partial charge in [0.05, 0.1) is 12.8 Å². The number of halogens is 2. The summed E-state index contributed by atoms with van der Waals surface area (Å²) in [6.07, 6.45) is 2.10. The van der Waals surface area contributed by atoms with Gasteiger partial charge in [0.1, 0.15) is 5.75 Å². The van der Waals surface area contributed by atoms with E-state index in [9.17, 15) is 0 Å². The molecule has 1 fully saturated rings. The summed E-state index contributed by atoms with van der Waals surface area (Å²) < 4.78 is 5.67. The second-order valence-corrected chi connectivity index (χ2v) is 9.22. The molecule has 164 valence electrons. The van der Waals surface area contributed by atoms with Gasteiger partial charge in [0.15, 0.2) is 0 Å². The Labute approximate surface area is 198 Å². The zero-order chi connectivity index (χ0) is 22.1. The maximum absolute atomic E-state index is 6.48. The fraction of sp³-hybridized carbons (Fsp3) is 0.259. The van der Waals surface area contributed by atoms with E-state index in [2.05, 4.69) is 46.3 Å². The van der Waals surface area contributed by atoms with Crippen LogP contribution in [-0.2, 0) is 6.54 Å². The molecule has 0 unspecified atom stereocenters. The molecule has 1 N–H and O–H groups in total. The largest absolute Gasteiger partial charge is 0.496 e. The van der Waals surface area contributed by atoms with Gasteiger partial charge in [-0.25, -0.2) is 0 Å². The first-order chi connectivity index (χ1) is 15.7. The van der Waals surface area contributed by atoms with Gasteiger partial charge in [0.2, 0.25) is 0 Å². The maximum Gasteiger partial charge on any atom is 0.128 e. The first-order valence-electron chi connectivity index (χ1n) is 11.0. The molecule has 1 aromatic heterocycles. The third kappa shape index (κ3) is 4.01. The zero-order valence-corrected chi connectivity index (χ0v) is 19.6. The Morgan fingerprint density at radius 2 is 1.59 bits per heavy atom. The average Bonchev–Trinajstić information content (AvgIpc) is 3.18. The predicted octanol–water partition coefficient (Wildman–Crippen LogP) is 7.53. The highest BCUT2D eigenvalue weighted by Gasteiger charge is 2.26. The van der Waals surface area contributed by atoms with Crippen molar-refractivity contribution >= 4 is 34.1 Å². The van der Waals surface area contributed by atoms with Crippen LogP contribution in [0.15, 0.2) is 66.7 Å². The second-order valence-electron chi connectivity index (χ2n) is 8.41. The van der Waals surface area contributed by atoms with E-state index in [0.29, 0.717) is 5.92 Å². The van der Waals surface area contributed by atoms with Crippen molar-refractivity contribution < 1.29 is 4.74 Å². The molecule has 1 aliphatic heterocycles. The normalized spacial score (nSPS) is 15.3.